The second kappa shape index (κ2) is 9.34. The van der Waals surface area contributed by atoms with Crippen LogP contribution in [-0.4, -0.2) is 28.0 Å². The quantitative estimate of drug-likeness (QED) is 0.454. The molecule has 0 aliphatic carbocycles. The maximum absolute atomic E-state index is 13.2. The van der Waals surface area contributed by atoms with Crippen molar-refractivity contribution in [2.75, 3.05) is 19.0 Å². The largest absolute Gasteiger partial charge is 0.493 e. The Balaban J connectivity index is 1.74. The molecule has 0 unspecified atom stereocenters. The van der Waals surface area contributed by atoms with E-state index in [4.69, 9.17) is 9.47 Å². The molecule has 6 nitrogen and oxygen atoms in total. The summed E-state index contributed by atoms with van der Waals surface area (Å²) in [5.74, 6) is 0.779. The Bertz CT molecular complexity index is 1220. The highest BCUT2D eigenvalue weighted by Crippen LogP contribution is 2.47. The van der Waals surface area contributed by atoms with Crippen LogP contribution in [-0.2, 0) is 14.6 Å². The van der Waals surface area contributed by atoms with Crippen molar-refractivity contribution in [2.45, 2.75) is 41.9 Å². The average Bonchev–Trinajstić information content (AvgIpc) is 3.24. The standard InChI is InChI=1S/C24H25NO5S2/c1-3-4-12-30-20-13-16(10-11-19(20)29-2)18-14-22(26)25-23-21(15-31-24(18)23)32(27,28)17-8-6-5-7-9-17/h5-11,13,15,18H,3-4,12,14H2,1-2H3,(H,25,26)/t18-/m0/s1. The number of thiophene rings is 1. The van der Waals surface area contributed by atoms with E-state index in [-0.39, 0.29) is 28.0 Å². The van der Waals surface area contributed by atoms with Gasteiger partial charge in [-0.1, -0.05) is 37.6 Å². The van der Waals surface area contributed by atoms with Crippen molar-refractivity contribution in [3.05, 3.63) is 64.4 Å². The van der Waals surface area contributed by atoms with Crippen LogP contribution in [0.4, 0.5) is 5.69 Å². The van der Waals surface area contributed by atoms with Crippen molar-refractivity contribution < 1.29 is 22.7 Å². The zero-order chi connectivity index (χ0) is 22.7. The molecule has 4 rings (SSSR count). The summed E-state index contributed by atoms with van der Waals surface area (Å²) >= 11 is 1.35. The third-order valence-corrected chi connectivity index (χ3v) is 8.48. The van der Waals surface area contributed by atoms with Crippen molar-refractivity contribution >= 4 is 32.8 Å². The van der Waals surface area contributed by atoms with Gasteiger partial charge in [0, 0.05) is 22.6 Å². The Labute approximate surface area is 192 Å². The van der Waals surface area contributed by atoms with Crippen LogP contribution in [0.15, 0.2) is 63.7 Å². The molecule has 1 amide bonds. The van der Waals surface area contributed by atoms with Gasteiger partial charge in [-0.3, -0.25) is 4.79 Å². The van der Waals surface area contributed by atoms with Crippen LogP contribution < -0.4 is 14.8 Å². The second-order valence-electron chi connectivity index (χ2n) is 7.57. The number of hydrogen-bond donors (Lipinski definition) is 1. The molecule has 168 valence electrons. The third kappa shape index (κ3) is 4.25. The number of benzene rings is 2. The number of nitrogens with one attached hydrogen (secondary N) is 1. The summed E-state index contributed by atoms with van der Waals surface area (Å²) in [6.07, 6.45) is 2.18. The van der Waals surface area contributed by atoms with Gasteiger partial charge >= 0.3 is 0 Å². The molecule has 1 atom stereocenters. The number of sulfone groups is 1. The number of carbonyl (C=O) groups is 1. The summed E-state index contributed by atoms with van der Waals surface area (Å²) in [4.78, 5) is 13.7. The predicted molar refractivity (Wildman–Crippen MR) is 125 cm³/mol. The molecule has 0 saturated heterocycles. The molecule has 1 aromatic heterocycles. The molecule has 2 heterocycles. The van der Waals surface area contributed by atoms with E-state index in [0.29, 0.717) is 23.8 Å². The zero-order valence-electron chi connectivity index (χ0n) is 18.0. The maximum atomic E-state index is 13.2. The lowest BCUT2D eigenvalue weighted by atomic mass is 9.90. The van der Waals surface area contributed by atoms with Crippen LogP contribution in [0.1, 0.15) is 42.5 Å². The highest BCUT2D eigenvalue weighted by atomic mass is 32.2. The molecule has 0 radical (unpaired) electrons. The van der Waals surface area contributed by atoms with Gasteiger partial charge in [0.1, 0.15) is 4.90 Å². The number of methoxy groups -OCH3 is 1. The number of amides is 1. The van der Waals surface area contributed by atoms with E-state index >= 15 is 0 Å². The molecular weight excluding hydrogens is 446 g/mol. The Morgan fingerprint density at radius 1 is 1.12 bits per heavy atom. The van der Waals surface area contributed by atoms with Crippen molar-refractivity contribution in [3.63, 3.8) is 0 Å². The van der Waals surface area contributed by atoms with E-state index in [1.807, 2.05) is 18.2 Å². The lowest BCUT2D eigenvalue weighted by Gasteiger charge is -2.24. The molecule has 0 fully saturated rings. The monoisotopic (exact) mass is 471 g/mol. The van der Waals surface area contributed by atoms with Crippen LogP contribution >= 0.6 is 11.3 Å². The van der Waals surface area contributed by atoms with Crippen LogP contribution in [0, 0.1) is 0 Å². The first-order chi connectivity index (χ1) is 15.5. The minimum absolute atomic E-state index is 0.134. The van der Waals surface area contributed by atoms with Crippen LogP contribution in [0.2, 0.25) is 0 Å². The molecule has 1 aliphatic rings. The average molecular weight is 472 g/mol. The summed E-state index contributed by atoms with van der Waals surface area (Å²) in [6, 6.07) is 13.9. The fraction of sp³-hybridized carbons (Fsp3) is 0.292. The van der Waals surface area contributed by atoms with Gasteiger partial charge in [0.25, 0.3) is 0 Å². The topological polar surface area (TPSA) is 81.7 Å². The minimum Gasteiger partial charge on any atom is -0.493 e. The Kier molecular flexibility index (Phi) is 6.53. The van der Waals surface area contributed by atoms with Crippen molar-refractivity contribution in [1.29, 1.82) is 0 Å². The number of fused-ring (bicyclic) bond motifs is 1. The first-order valence-electron chi connectivity index (χ1n) is 10.5. The van der Waals surface area contributed by atoms with Crippen LogP contribution in [0.3, 0.4) is 0 Å². The van der Waals surface area contributed by atoms with Gasteiger partial charge in [0.15, 0.2) is 11.5 Å². The lowest BCUT2D eigenvalue weighted by molar-refractivity contribution is -0.116. The number of hydrogen-bond acceptors (Lipinski definition) is 6. The molecule has 32 heavy (non-hydrogen) atoms. The molecule has 0 spiro atoms. The number of ether oxygens (including phenoxy) is 2. The van der Waals surface area contributed by atoms with Gasteiger partial charge in [-0.25, -0.2) is 8.42 Å². The first-order valence-corrected chi connectivity index (χ1v) is 12.8. The van der Waals surface area contributed by atoms with Crippen molar-refractivity contribution in [2.24, 2.45) is 0 Å². The summed E-state index contributed by atoms with van der Waals surface area (Å²) < 4.78 is 37.8. The minimum atomic E-state index is -3.75. The van der Waals surface area contributed by atoms with E-state index < -0.39 is 9.84 Å². The Morgan fingerprint density at radius 2 is 1.91 bits per heavy atom. The highest BCUT2D eigenvalue weighted by Gasteiger charge is 2.34. The molecular formula is C24H25NO5S2. The van der Waals surface area contributed by atoms with Gasteiger partial charge in [-0.2, -0.15) is 0 Å². The molecule has 2 aromatic carbocycles. The van der Waals surface area contributed by atoms with Gasteiger partial charge in [-0.05, 0) is 36.2 Å². The fourth-order valence-electron chi connectivity index (χ4n) is 3.75. The van der Waals surface area contributed by atoms with E-state index in [1.54, 1.807) is 42.8 Å². The summed E-state index contributed by atoms with van der Waals surface area (Å²) in [5.41, 5.74) is 1.27. The Hall–Kier alpha value is -2.84. The SMILES string of the molecule is CCCCOc1cc([C@@H]2CC(=O)Nc3c(S(=O)(=O)c4ccccc4)csc32)ccc1OC. The predicted octanol–water partition coefficient (Wildman–Crippen LogP) is 5.24. The third-order valence-electron chi connectivity index (χ3n) is 5.44. The molecule has 0 bridgehead atoms. The van der Waals surface area contributed by atoms with E-state index in [0.717, 1.165) is 23.3 Å². The summed E-state index contributed by atoms with van der Waals surface area (Å²) in [7, 11) is -2.16. The van der Waals surface area contributed by atoms with Crippen molar-refractivity contribution in [1.82, 2.24) is 0 Å². The Morgan fingerprint density at radius 3 is 2.62 bits per heavy atom. The smallest absolute Gasteiger partial charge is 0.225 e. The molecule has 8 heteroatoms. The van der Waals surface area contributed by atoms with Gasteiger partial charge < -0.3 is 14.8 Å². The molecule has 1 N–H and O–H groups in total. The van der Waals surface area contributed by atoms with Crippen LogP contribution in [0.25, 0.3) is 0 Å². The van der Waals surface area contributed by atoms with Gasteiger partial charge in [0.2, 0.25) is 15.7 Å². The van der Waals surface area contributed by atoms with E-state index in [2.05, 4.69) is 12.2 Å². The van der Waals surface area contributed by atoms with Gasteiger partial charge in [-0.15, -0.1) is 11.3 Å². The lowest BCUT2D eigenvalue weighted by Crippen LogP contribution is -2.23. The highest BCUT2D eigenvalue weighted by molar-refractivity contribution is 7.91. The second-order valence-corrected chi connectivity index (χ2v) is 10.4. The summed E-state index contributed by atoms with van der Waals surface area (Å²) in [6.45, 7) is 2.67. The fourth-order valence-corrected chi connectivity index (χ4v) is 6.68. The first kappa shape index (κ1) is 22.4. The number of rotatable bonds is 8. The van der Waals surface area contributed by atoms with E-state index in [1.165, 1.54) is 11.3 Å². The molecule has 1 aliphatic heterocycles. The molecule has 0 saturated carbocycles. The number of carbonyl (C=O) groups excluding carboxylic acids is 1. The summed E-state index contributed by atoms with van der Waals surface area (Å²) in [5, 5.41) is 4.42. The maximum Gasteiger partial charge on any atom is 0.225 e. The zero-order valence-corrected chi connectivity index (χ0v) is 19.6. The molecule has 3 aromatic rings. The van der Waals surface area contributed by atoms with Crippen molar-refractivity contribution in [3.8, 4) is 11.5 Å². The van der Waals surface area contributed by atoms with E-state index in [9.17, 15) is 13.2 Å². The normalized spacial score (nSPS) is 15.7. The van der Waals surface area contributed by atoms with Crippen LogP contribution in [0.5, 0.6) is 11.5 Å². The number of unbranched alkanes of at least 4 members (excludes halogenated alkanes) is 1. The van der Waals surface area contributed by atoms with Gasteiger partial charge in [0.05, 0.1) is 24.3 Å². The number of anilines is 1.